The molecule has 0 aromatic rings. The molecule has 12 heavy (non-hydrogen) atoms. The van der Waals surface area contributed by atoms with Crippen LogP contribution >= 0.6 is 0 Å². The van der Waals surface area contributed by atoms with Gasteiger partial charge in [0, 0.05) is 19.1 Å². The van der Waals surface area contributed by atoms with Gasteiger partial charge >= 0.3 is 6.09 Å². The third-order valence-electron chi connectivity index (χ3n) is 2.56. The molecule has 0 aromatic carbocycles. The Hall–Kier alpha value is -0.770. The lowest BCUT2D eigenvalue weighted by Crippen LogP contribution is -2.35. The predicted octanol–water partition coefficient (Wildman–Crippen LogP) is 0.690. The average Bonchev–Trinajstić information content (AvgIpc) is 2.51. The molecule has 1 rings (SSSR count). The van der Waals surface area contributed by atoms with Crippen molar-refractivity contribution in [1.29, 1.82) is 0 Å². The minimum atomic E-state index is -0.790. The average molecular weight is 172 g/mol. The number of likely N-dealkylation sites (tertiary alicyclic amines) is 1. The van der Waals surface area contributed by atoms with Gasteiger partial charge in [0.25, 0.3) is 0 Å². The number of hydrogen-bond donors (Lipinski definition) is 1. The molecule has 1 amide bonds. The highest BCUT2D eigenvalue weighted by molar-refractivity contribution is 5.65. The van der Waals surface area contributed by atoms with E-state index < -0.39 is 6.09 Å². The van der Waals surface area contributed by atoms with Crippen LogP contribution in [0.3, 0.4) is 0 Å². The molecule has 0 unspecified atom stereocenters. The van der Waals surface area contributed by atoms with Gasteiger partial charge in [0.05, 0.1) is 0 Å². The van der Waals surface area contributed by atoms with Crippen LogP contribution in [0.4, 0.5) is 4.79 Å². The van der Waals surface area contributed by atoms with Crippen LogP contribution in [-0.2, 0) is 0 Å². The summed E-state index contributed by atoms with van der Waals surface area (Å²) < 4.78 is 0. The van der Waals surface area contributed by atoms with Crippen molar-refractivity contribution in [2.75, 3.05) is 26.7 Å². The topological polar surface area (TPSA) is 43.8 Å². The van der Waals surface area contributed by atoms with Crippen molar-refractivity contribution in [3.63, 3.8) is 0 Å². The largest absolute Gasteiger partial charge is 0.465 e. The molecule has 0 spiro atoms. The second-order valence-electron chi connectivity index (χ2n) is 3.24. The van der Waals surface area contributed by atoms with E-state index >= 15 is 0 Å². The first-order valence-corrected chi connectivity index (χ1v) is 4.33. The maximum absolute atomic E-state index is 10.6. The number of carboxylic acid groups (broad SMARTS) is 1. The number of carbonyl (C=O) groups is 1. The summed E-state index contributed by atoms with van der Waals surface area (Å²) in [6.45, 7) is 4.42. The maximum Gasteiger partial charge on any atom is 0.407 e. The quantitative estimate of drug-likeness (QED) is 0.666. The fourth-order valence-corrected chi connectivity index (χ4v) is 1.53. The summed E-state index contributed by atoms with van der Waals surface area (Å²) in [6.07, 6.45) is 0.179. The van der Waals surface area contributed by atoms with Crippen molar-refractivity contribution < 1.29 is 9.90 Å². The van der Waals surface area contributed by atoms with Crippen LogP contribution in [0.25, 0.3) is 0 Å². The lowest BCUT2D eigenvalue weighted by Gasteiger charge is -2.21. The van der Waals surface area contributed by atoms with Gasteiger partial charge in [-0.1, -0.05) is 6.92 Å². The Kier molecular flexibility index (Phi) is 2.92. The fourth-order valence-electron chi connectivity index (χ4n) is 1.53. The van der Waals surface area contributed by atoms with Crippen LogP contribution in [0, 0.1) is 0 Å². The van der Waals surface area contributed by atoms with E-state index in [0.29, 0.717) is 19.1 Å². The molecule has 1 atom stereocenters. The zero-order valence-corrected chi connectivity index (χ0v) is 7.66. The third-order valence-corrected chi connectivity index (χ3v) is 2.56. The summed E-state index contributed by atoms with van der Waals surface area (Å²) >= 11 is 0. The van der Waals surface area contributed by atoms with Gasteiger partial charge in [0.15, 0.2) is 0 Å². The molecular formula is C8H16N2O2. The maximum atomic E-state index is 10.6. The van der Waals surface area contributed by atoms with Gasteiger partial charge < -0.3 is 14.9 Å². The molecule has 1 fully saturated rings. The number of nitrogens with zero attached hydrogens (tertiary/aromatic N) is 2. The van der Waals surface area contributed by atoms with Crippen LogP contribution in [0.2, 0.25) is 0 Å². The molecule has 4 heteroatoms. The van der Waals surface area contributed by atoms with Crippen LogP contribution in [0.1, 0.15) is 13.3 Å². The van der Waals surface area contributed by atoms with Crippen LogP contribution < -0.4 is 0 Å². The second-order valence-corrected chi connectivity index (χ2v) is 3.24. The summed E-state index contributed by atoms with van der Waals surface area (Å²) in [5.41, 5.74) is 0. The molecule has 1 N–H and O–H groups in total. The van der Waals surface area contributed by atoms with Crippen molar-refractivity contribution in [3.8, 4) is 0 Å². The molecule has 0 bridgehead atoms. The Morgan fingerprint density at radius 2 is 2.42 bits per heavy atom. The number of likely N-dealkylation sites (N-methyl/N-ethyl adjacent to an activating group) is 1. The van der Waals surface area contributed by atoms with Crippen LogP contribution in [0.15, 0.2) is 0 Å². The number of amides is 1. The first-order chi connectivity index (χ1) is 5.65. The SMILES string of the molecule is CCN(C)[C@@H]1CCN(C(=O)O)C1. The van der Waals surface area contributed by atoms with Gasteiger partial charge in [0.2, 0.25) is 0 Å². The van der Waals surface area contributed by atoms with Crippen molar-refractivity contribution in [1.82, 2.24) is 9.80 Å². The van der Waals surface area contributed by atoms with E-state index in [9.17, 15) is 4.79 Å². The zero-order chi connectivity index (χ0) is 9.14. The first kappa shape index (κ1) is 9.32. The Morgan fingerprint density at radius 1 is 1.75 bits per heavy atom. The van der Waals surface area contributed by atoms with Gasteiger partial charge in [-0.05, 0) is 20.0 Å². The standard InChI is InChI=1S/C8H16N2O2/c1-3-9(2)7-4-5-10(6-7)8(11)12/h7H,3-6H2,1-2H3,(H,11,12)/t7-/m1/s1. The minimum absolute atomic E-state index is 0.422. The van der Waals surface area contributed by atoms with E-state index in [1.54, 1.807) is 0 Å². The summed E-state index contributed by atoms with van der Waals surface area (Å²) in [6, 6.07) is 0.422. The van der Waals surface area contributed by atoms with Gasteiger partial charge in [-0.25, -0.2) is 4.79 Å². The monoisotopic (exact) mass is 172 g/mol. The van der Waals surface area contributed by atoms with E-state index in [1.807, 2.05) is 7.05 Å². The third kappa shape index (κ3) is 1.88. The van der Waals surface area contributed by atoms with Gasteiger partial charge in [-0.3, -0.25) is 0 Å². The molecule has 0 radical (unpaired) electrons. The lowest BCUT2D eigenvalue weighted by atomic mass is 10.2. The highest BCUT2D eigenvalue weighted by atomic mass is 16.4. The highest BCUT2D eigenvalue weighted by Gasteiger charge is 2.27. The van der Waals surface area contributed by atoms with E-state index in [0.717, 1.165) is 13.0 Å². The van der Waals surface area contributed by atoms with Crippen molar-refractivity contribution >= 4 is 6.09 Å². The van der Waals surface area contributed by atoms with Gasteiger partial charge in [-0.15, -0.1) is 0 Å². The predicted molar refractivity (Wildman–Crippen MR) is 46.3 cm³/mol. The zero-order valence-electron chi connectivity index (χ0n) is 7.66. The molecule has 0 aromatic heterocycles. The number of hydrogen-bond acceptors (Lipinski definition) is 2. The summed E-state index contributed by atoms with van der Waals surface area (Å²) in [5.74, 6) is 0. The normalized spacial score (nSPS) is 23.6. The lowest BCUT2D eigenvalue weighted by molar-refractivity contribution is 0.150. The first-order valence-electron chi connectivity index (χ1n) is 4.33. The Bertz CT molecular complexity index is 172. The molecule has 1 saturated heterocycles. The molecule has 0 aliphatic carbocycles. The molecular weight excluding hydrogens is 156 g/mol. The van der Waals surface area contributed by atoms with Crippen molar-refractivity contribution in [3.05, 3.63) is 0 Å². The van der Waals surface area contributed by atoms with Gasteiger partial charge in [-0.2, -0.15) is 0 Å². The van der Waals surface area contributed by atoms with E-state index in [1.165, 1.54) is 4.90 Å². The Labute approximate surface area is 72.8 Å². The minimum Gasteiger partial charge on any atom is -0.465 e. The fraction of sp³-hybridized carbons (Fsp3) is 0.875. The molecule has 1 aliphatic rings. The van der Waals surface area contributed by atoms with E-state index in [2.05, 4.69) is 11.8 Å². The molecule has 70 valence electrons. The Balaban J connectivity index is 2.40. The van der Waals surface area contributed by atoms with E-state index in [-0.39, 0.29) is 0 Å². The van der Waals surface area contributed by atoms with Crippen molar-refractivity contribution in [2.24, 2.45) is 0 Å². The second kappa shape index (κ2) is 3.76. The summed E-state index contributed by atoms with van der Waals surface area (Å²) in [5, 5.41) is 8.69. The molecule has 4 nitrogen and oxygen atoms in total. The van der Waals surface area contributed by atoms with Crippen LogP contribution in [-0.4, -0.2) is 53.7 Å². The summed E-state index contributed by atoms with van der Waals surface area (Å²) in [7, 11) is 2.04. The van der Waals surface area contributed by atoms with E-state index in [4.69, 9.17) is 5.11 Å². The van der Waals surface area contributed by atoms with Gasteiger partial charge in [0.1, 0.15) is 0 Å². The van der Waals surface area contributed by atoms with Crippen LogP contribution in [0.5, 0.6) is 0 Å². The smallest absolute Gasteiger partial charge is 0.407 e. The molecule has 1 heterocycles. The summed E-state index contributed by atoms with van der Waals surface area (Å²) in [4.78, 5) is 14.2. The Morgan fingerprint density at radius 3 is 2.83 bits per heavy atom. The van der Waals surface area contributed by atoms with Crippen molar-refractivity contribution in [2.45, 2.75) is 19.4 Å². The molecule has 1 aliphatic heterocycles. The molecule has 0 saturated carbocycles. The number of rotatable bonds is 2. The highest BCUT2D eigenvalue weighted by Crippen LogP contribution is 2.13.